The van der Waals surface area contributed by atoms with E-state index >= 15 is 0 Å². The van der Waals surface area contributed by atoms with E-state index in [4.69, 9.17) is 25.5 Å². The van der Waals surface area contributed by atoms with Gasteiger partial charge >= 0.3 is 17.9 Å². The number of furan rings is 1. The van der Waals surface area contributed by atoms with Gasteiger partial charge in [-0.2, -0.15) is 5.26 Å². The van der Waals surface area contributed by atoms with Gasteiger partial charge in [0.2, 0.25) is 0 Å². The van der Waals surface area contributed by atoms with Gasteiger partial charge in [-0.05, 0) is 56.7 Å². The summed E-state index contributed by atoms with van der Waals surface area (Å²) in [5, 5.41) is 19.0. The molecule has 11 heteroatoms. The van der Waals surface area contributed by atoms with E-state index in [-0.39, 0.29) is 56.9 Å². The van der Waals surface area contributed by atoms with Crippen molar-refractivity contribution in [2.45, 2.75) is 27.2 Å². The largest absolute Gasteiger partial charge is 0.478 e. The summed E-state index contributed by atoms with van der Waals surface area (Å²) in [7, 11) is 0. The van der Waals surface area contributed by atoms with Crippen LogP contribution in [0.5, 0.6) is 0 Å². The molecule has 9 nitrogen and oxygen atoms in total. The molecule has 1 aromatic carbocycles. The van der Waals surface area contributed by atoms with Gasteiger partial charge in [0.1, 0.15) is 22.5 Å². The Kier molecular flexibility index (Phi) is 9.23. The third-order valence-corrected chi connectivity index (χ3v) is 6.90. The van der Waals surface area contributed by atoms with Crippen molar-refractivity contribution in [3.8, 4) is 17.4 Å². The van der Waals surface area contributed by atoms with Crippen LogP contribution in [0, 0.1) is 18.3 Å². The average Bonchev–Trinajstić information content (AvgIpc) is 3.47. The molecule has 0 fully saturated rings. The molecule has 0 atom stereocenters. The van der Waals surface area contributed by atoms with Gasteiger partial charge in [-0.3, -0.25) is 4.79 Å². The zero-order valence-electron chi connectivity index (χ0n) is 20.6. The van der Waals surface area contributed by atoms with E-state index in [0.717, 1.165) is 11.3 Å². The monoisotopic (exact) mass is 555 g/mol. The zero-order valence-corrected chi connectivity index (χ0v) is 22.2. The highest BCUT2D eigenvalue weighted by atomic mass is 35.5. The molecular formula is C27H22ClNO8S. The number of rotatable bonds is 10. The number of thiophene rings is 1. The molecule has 0 aliphatic heterocycles. The number of Topliss-reactive ketones (excluding diaryl/α,β-unsaturated/α-hetero) is 1. The molecule has 0 bridgehead atoms. The summed E-state index contributed by atoms with van der Waals surface area (Å²) >= 11 is 6.86. The Morgan fingerprint density at radius 3 is 2.42 bits per heavy atom. The first-order valence-electron chi connectivity index (χ1n) is 11.4. The van der Waals surface area contributed by atoms with Gasteiger partial charge in [0.05, 0.1) is 34.9 Å². The van der Waals surface area contributed by atoms with Gasteiger partial charge in [0.25, 0.3) is 0 Å². The molecule has 2 aromatic heterocycles. The minimum atomic E-state index is -1.20. The first-order chi connectivity index (χ1) is 18.1. The molecule has 38 heavy (non-hydrogen) atoms. The number of hydrogen-bond donors (Lipinski definition) is 1. The van der Waals surface area contributed by atoms with Gasteiger partial charge in [-0.25, -0.2) is 14.4 Å². The summed E-state index contributed by atoms with van der Waals surface area (Å²) in [6.07, 6.45) is 0.918. The second-order valence-corrected chi connectivity index (χ2v) is 9.28. The topological polar surface area (TPSA) is 144 Å². The van der Waals surface area contributed by atoms with Crippen molar-refractivity contribution in [1.82, 2.24) is 0 Å². The van der Waals surface area contributed by atoms with Crippen LogP contribution in [-0.4, -0.2) is 42.0 Å². The van der Waals surface area contributed by atoms with Crippen LogP contribution in [0.3, 0.4) is 0 Å². The quantitative estimate of drug-likeness (QED) is 0.188. The molecule has 0 aliphatic carbocycles. The summed E-state index contributed by atoms with van der Waals surface area (Å²) in [4.78, 5) is 49.8. The van der Waals surface area contributed by atoms with Gasteiger partial charge in [-0.15, -0.1) is 11.3 Å². The summed E-state index contributed by atoms with van der Waals surface area (Å²) in [5.41, 5.74) is 0.540. The minimum Gasteiger partial charge on any atom is -0.478 e. The first-order valence-corrected chi connectivity index (χ1v) is 12.5. The van der Waals surface area contributed by atoms with Crippen molar-refractivity contribution in [2.24, 2.45) is 0 Å². The first kappa shape index (κ1) is 28.4. The number of aromatic carboxylic acids is 1. The number of ether oxygens (including phenoxy) is 2. The summed E-state index contributed by atoms with van der Waals surface area (Å²) in [6.45, 7) is 5.10. The van der Waals surface area contributed by atoms with E-state index in [0.29, 0.717) is 16.9 Å². The van der Waals surface area contributed by atoms with Crippen LogP contribution >= 0.6 is 22.9 Å². The van der Waals surface area contributed by atoms with Crippen molar-refractivity contribution in [3.05, 3.63) is 73.1 Å². The van der Waals surface area contributed by atoms with Crippen molar-refractivity contribution < 1.29 is 38.2 Å². The van der Waals surface area contributed by atoms with Crippen LogP contribution in [0.25, 0.3) is 17.4 Å². The number of carboxylic acid groups (broad SMARTS) is 1. The molecule has 0 saturated heterocycles. The molecular weight excluding hydrogens is 534 g/mol. The summed E-state index contributed by atoms with van der Waals surface area (Å²) in [6, 6.07) is 9.28. The smallest absolute Gasteiger partial charge is 0.348 e. The molecule has 0 aliphatic rings. The number of allylic oxidation sites excluding steroid dienone is 1. The average molecular weight is 556 g/mol. The number of carboxylic acids is 1. The SMILES string of the molecule is CCOC(=O)c1sc(CC(=O)/C(C#N)=C/c2ccc(-c3ccc(Cl)c(C(=O)O)c3)o2)c(C(=O)OCC)c1C. The number of carbonyl (C=O) groups excluding carboxylic acids is 3. The predicted molar refractivity (Wildman–Crippen MR) is 139 cm³/mol. The Morgan fingerprint density at radius 2 is 1.79 bits per heavy atom. The lowest BCUT2D eigenvalue weighted by atomic mass is 10.0. The molecule has 0 spiro atoms. The van der Waals surface area contributed by atoms with E-state index in [2.05, 4.69) is 0 Å². The molecule has 2 heterocycles. The Balaban J connectivity index is 1.92. The number of hydrogen-bond acceptors (Lipinski definition) is 9. The van der Waals surface area contributed by atoms with E-state index in [1.807, 2.05) is 6.07 Å². The van der Waals surface area contributed by atoms with Gasteiger partial charge in [0.15, 0.2) is 5.78 Å². The maximum atomic E-state index is 13.1. The maximum absolute atomic E-state index is 13.1. The fraction of sp³-hybridized carbons (Fsp3) is 0.222. The van der Waals surface area contributed by atoms with Crippen molar-refractivity contribution in [2.75, 3.05) is 13.2 Å². The third-order valence-electron chi connectivity index (χ3n) is 5.30. The van der Waals surface area contributed by atoms with E-state index in [1.165, 1.54) is 24.3 Å². The fourth-order valence-electron chi connectivity index (χ4n) is 3.55. The number of carbonyl (C=O) groups is 4. The lowest BCUT2D eigenvalue weighted by Crippen LogP contribution is -2.12. The number of benzene rings is 1. The van der Waals surface area contributed by atoms with Crippen molar-refractivity contribution in [3.63, 3.8) is 0 Å². The Hall–Kier alpha value is -4.20. The lowest BCUT2D eigenvalue weighted by Gasteiger charge is -2.05. The van der Waals surface area contributed by atoms with Crippen LogP contribution in [0.2, 0.25) is 5.02 Å². The van der Waals surface area contributed by atoms with Crippen LogP contribution in [0.1, 0.15) is 60.4 Å². The fourth-order valence-corrected chi connectivity index (χ4v) is 4.93. The van der Waals surface area contributed by atoms with Crippen LogP contribution in [0.4, 0.5) is 0 Å². The Morgan fingerprint density at radius 1 is 1.11 bits per heavy atom. The number of esters is 2. The maximum Gasteiger partial charge on any atom is 0.348 e. The second kappa shape index (κ2) is 12.4. The van der Waals surface area contributed by atoms with Gasteiger partial charge in [-0.1, -0.05) is 11.6 Å². The normalized spacial score (nSPS) is 11.1. The molecule has 3 aromatic rings. The zero-order chi connectivity index (χ0) is 28.0. The van der Waals surface area contributed by atoms with Crippen molar-refractivity contribution in [1.29, 1.82) is 5.26 Å². The number of nitriles is 1. The van der Waals surface area contributed by atoms with Crippen LogP contribution in [0.15, 0.2) is 40.3 Å². The molecule has 0 unspecified atom stereocenters. The van der Waals surface area contributed by atoms with Crippen LogP contribution < -0.4 is 0 Å². The molecule has 0 amide bonds. The highest BCUT2D eigenvalue weighted by Gasteiger charge is 2.28. The number of ketones is 1. The third kappa shape index (κ3) is 6.19. The van der Waals surface area contributed by atoms with Gasteiger partial charge in [0, 0.05) is 22.9 Å². The summed E-state index contributed by atoms with van der Waals surface area (Å²) in [5.74, 6) is -2.62. The predicted octanol–water partition coefficient (Wildman–Crippen LogP) is 5.74. The molecule has 0 radical (unpaired) electrons. The van der Waals surface area contributed by atoms with E-state index in [9.17, 15) is 29.5 Å². The molecule has 1 N–H and O–H groups in total. The molecule has 0 saturated carbocycles. The highest BCUT2D eigenvalue weighted by Crippen LogP contribution is 2.32. The minimum absolute atomic E-state index is 0.0717. The van der Waals surface area contributed by atoms with E-state index in [1.54, 1.807) is 32.9 Å². The highest BCUT2D eigenvalue weighted by molar-refractivity contribution is 7.14. The molecule has 3 rings (SSSR count). The van der Waals surface area contributed by atoms with Crippen molar-refractivity contribution >= 4 is 52.7 Å². The van der Waals surface area contributed by atoms with Gasteiger partial charge < -0.3 is 19.0 Å². The Bertz CT molecular complexity index is 1490. The van der Waals surface area contributed by atoms with E-state index < -0.39 is 23.7 Å². The second-order valence-electron chi connectivity index (χ2n) is 7.77. The number of halogens is 1. The van der Waals surface area contributed by atoms with Crippen LogP contribution in [-0.2, 0) is 20.7 Å². The summed E-state index contributed by atoms with van der Waals surface area (Å²) < 4.78 is 15.9. The Labute approximate surface area is 226 Å². The lowest BCUT2D eigenvalue weighted by molar-refractivity contribution is -0.114. The molecule has 196 valence electrons. The standard InChI is InChI=1S/C27H22ClNO8S/c1-4-35-26(33)23-14(3)24(27(34)36-5-2)38-22(23)12-20(30)16(13-29)10-17-7-9-21(37-17)15-6-8-19(28)18(11-15)25(31)32/h6-11H,4-5,12H2,1-3H3,(H,31,32)/b16-10+. The number of nitrogens with zero attached hydrogens (tertiary/aromatic N) is 1.